The maximum atomic E-state index is 14.2. The zero-order chi connectivity index (χ0) is 17.3. The number of fused-ring (bicyclic) bond motifs is 1. The number of primary amides is 1. The van der Waals surface area contributed by atoms with Crippen LogP contribution in [0.3, 0.4) is 0 Å². The third kappa shape index (κ3) is 2.90. The lowest BCUT2D eigenvalue weighted by atomic mass is 10.2. The van der Waals surface area contributed by atoms with Crippen LogP contribution < -0.4 is 11.3 Å². The Morgan fingerprint density at radius 2 is 1.88 bits per heavy atom. The lowest BCUT2D eigenvalue weighted by molar-refractivity contribution is -0.117. The summed E-state index contributed by atoms with van der Waals surface area (Å²) in [5, 5.41) is -0.0250. The first kappa shape index (κ1) is 16.2. The van der Waals surface area contributed by atoms with Crippen LogP contribution in [0.5, 0.6) is 0 Å². The van der Waals surface area contributed by atoms with Crippen LogP contribution in [-0.2, 0) is 4.79 Å². The maximum absolute atomic E-state index is 14.2. The summed E-state index contributed by atoms with van der Waals surface area (Å²) in [6.07, 6.45) is 0. The van der Waals surface area contributed by atoms with Crippen molar-refractivity contribution >= 4 is 28.6 Å². The molecule has 0 spiro atoms. The number of halogens is 1. The molecule has 0 saturated heterocycles. The number of carbonyl (C=O) groups excluding carboxylic acids is 1. The molecular weight excluding hydrogens is 329 g/mol. The molecule has 0 aliphatic carbocycles. The first-order valence-electron chi connectivity index (χ1n) is 7.21. The van der Waals surface area contributed by atoms with Gasteiger partial charge in [-0.25, -0.2) is 9.37 Å². The molecule has 7 heteroatoms. The molecule has 3 aromatic rings. The summed E-state index contributed by atoms with van der Waals surface area (Å²) in [5.41, 5.74) is 5.47. The van der Waals surface area contributed by atoms with Crippen LogP contribution in [0, 0.1) is 5.82 Å². The Morgan fingerprint density at radius 3 is 2.58 bits per heavy atom. The number of benzene rings is 2. The fourth-order valence-corrected chi connectivity index (χ4v) is 3.12. The van der Waals surface area contributed by atoms with Crippen molar-refractivity contribution in [3.05, 3.63) is 64.7 Å². The maximum Gasteiger partial charge on any atom is 0.266 e. The van der Waals surface area contributed by atoms with Crippen LogP contribution in [0.2, 0.25) is 0 Å². The Labute approximate surface area is 141 Å². The van der Waals surface area contributed by atoms with Gasteiger partial charge in [-0.2, -0.15) is 0 Å². The van der Waals surface area contributed by atoms with Crippen molar-refractivity contribution in [2.24, 2.45) is 5.73 Å². The molecule has 0 radical (unpaired) electrons. The van der Waals surface area contributed by atoms with Crippen molar-refractivity contribution in [2.75, 3.05) is 0 Å². The molecule has 122 valence electrons. The van der Waals surface area contributed by atoms with Gasteiger partial charge in [0.1, 0.15) is 5.82 Å². The molecule has 0 aliphatic rings. The average Bonchev–Trinajstić information content (AvgIpc) is 2.56. The summed E-state index contributed by atoms with van der Waals surface area (Å²) >= 11 is 1.02. The topological polar surface area (TPSA) is 78.0 Å². The molecule has 1 heterocycles. The number of rotatable bonds is 4. The Bertz CT molecular complexity index is 987. The number of carbonyl (C=O) groups is 1. The van der Waals surface area contributed by atoms with Crippen LogP contribution in [0.25, 0.3) is 16.6 Å². The van der Waals surface area contributed by atoms with Gasteiger partial charge in [0.2, 0.25) is 5.91 Å². The minimum absolute atomic E-state index is 0.0833. The lowest BCUT2D eigenvalue weighted by Gasteiger charge is -2.15. The minimum atomic E-state index is -0.615. The van der Waals surface area contributed by atoms with Crippen LogP contribution in [-0.4, -0.2) is 20.7 Å². The molecule has 0 bridgehead atoms. The highest BCUT2D eigenvalue weighted by Crippen LogP contribution is 2.25. The molecule has 2 N–H and O–H groups in total. The molecule has 5 nitrogen and oxygen atoms in total. The third-order valence-corrected chi connectivity index (χ3v) is 4.59. The summed E-state index contributed by atoms with van der Waals surface area (Å²) in [7, 11) is 0. The molecule has 0 saturated carbocycles. The van der Waals surface area contributed by atoms with E-state index in [1.807, 2.05) is 0 Å². The fraction of sp³-hybridized carbons (Fsp3) is 0.118. The molecule has 1 atom stereocenters. The van der Waals surface area contributed by atoms with Crippen LogP contribution in [0.15, 0.2) is 58.5 Å². The third-order valence-electron chi connectivity index (χ3n) is 3.52. The van der Waals surface area contributed by atoms with E-state index in [0.717, 1.165) is 11.8 Å². The number of hydrogen-bond donors (Lipinski definition) is 1. The SMILES string of the molecule is C[C@@H](Sc1nc2ccccc2c(=O)n1-c1ccccc1F)C(N)=O. The van der Waals surface area contributed by atoms with Crippen molar-refractivity contribution < 1.29 is 9.18 Å². The Morgan fingerprint density at radius 1 is 1.21 bits per heavy atom. The first-order valence-corrected chi connectivity index (χ1v) is 8.09. The Balaban J connectivity index is 2.32. The number of hydrogen-bond acceptors (Lipinski definition) is 4. The van der Waals surface area contributed by atoms with Gasteiger partial charge in [0.05, 0.1) is 21.8 Å². The van der Waals surface area contributed by atoms with Gasteiger partial charge in [-0.3, -0.25) is 14.2 Å². The number of aromatic nitrogens is 2. The fourth-order valence-electron chi connectivity index (χ4n) is 2.25. The summed E-state index contributed by atoms with van der Waals surface area (Å²) in [5.74, 6) is -1.09. The zero-order valence-electron chi connectivity index (χ0n) is 12.8. The number of amides is 1. The molecule has 1 aromatic heterocycles. The largest absolute Gasteiger partial charge is 0.369 e. The molecular formula is C17H14FN3O2S. The predicted molar refractivity (Wildman–Crippen MR) is 91.8 cm³/mol. The van der Waals surface area contributed by atoms with Gasteiger partial charge >= 0.3 is 0 Å². The lowest BCUT2D eigenvalue weighted by Crippen LogP contribution is -2.26. The zero-order valence-corrected chi connectivity index (χ0v) is 13.6. The van der Waals surface area contributed by atoms with E-state index in [9.17, 15) is 14.0 Å². The van der Waals surface area contributed by atoms with Crippen LogP contribution >= 0.6 is 11.8 Å². The highest BCUT2D eigenvalue weighted by molar-refractivity contribution is 8.00. The van der Waals surface area contributed by atoms with Gasteiger partial charge in [-0.05, 0) is 31.2 Å². The van der Waals surface area contributed by atoms with E-state index < -0.39 is 22.5 Å². The normalized spacial score (nSPS) is 12.2. The second-order valence-electron chi connectivity index (χ2n) is 5.17. The number of para-hydroxylation sites is 2. The molecule has 0 fully saturated rings. The predicted octanol–water partition coefficient (Wildman–Crippen LogP) is 2.49. The Hall–Kier alpha value is -2.67. The number of nitrogens with zero attached hydrogens (tertiary/aromatic N) is 2. The average molecular weight is 343 g/mol. The van der Waals surface area contributed by atoms with E-state index >= 15 is 0 Å². The van der Waals surface area contributed by atoms with E-state index in [0.29, 0.717) is 10.9 Å². The highest BCUT2D eigenvalue weighted by atomic mass is 32.2. The van der Waals surface area contributed by atoms with Crippen LogP contribution in [0.4, 0.5) is 4.39 Å². The summed E-state index contributed by atoms with van der Waals surface area (Å²) in [6, 6.07) is 12.7. The quantitative estimate of drug-likeness (QED) is 0.583. The molecule has 24 heavy (non-hydrogen) atoms. The van der Waals surface area contributed by atoms with E-state index in [1.165, 1.54) is 22.8 Å². The van der Waals surface area contributed by atoms with Gasteiger partial charge in [-0.1, -0.05) is 36.0 Å². The Kier molecular flexibility index (Phi) is 4.35. The van der Waals surface area contributed by atoms with Crippen molar-refractivity contribution in [1.29, 1.82) is 0 Å². The standard InChI is InChI=1S/C17H14FN3O2S/c1-10(15(19)22)24-17-20-13-8-4-2-6-11(13)16(23)21(17)14-9-5-3-7-12(14)18/h2-10H,1H3,(H2,19,22)/t10-/m1/s1. The van der Waals surface area contributed by atoms with E-state index in [-0.39, 0.29) is 10.8 Å². The van der Waals surface area contributed by atoms with Gasteiger partial charge in [0, 0.05) is 0 Å². The summed E-state index contributed by atoms with van der Waals surface area (Å²) < 4.78 is 15.4. The van der Waals surface area contributed by atoms with Crippen molar-refractivity contribution in [3.8, 4) is 5.69 Å². The highest BCUT2D eigenvalue weighted by Gasteiger charge is 2.19. The molecule has 1 amide bonds. The van der Waals surface area contributed by atoms with Gasteiger partial charge in [-0.15, -0.1) is 0 Å². The van der Waals surface area contributed by atoms with Crippen molar-refractivity contribution in [2.45, 2.75) is 17.3 Å². The first-order chi connectivity index (χ1) is 11.5. The molecule has 0 unspecified atom stereocenters. The van der Waals surface area contributed by atoms with E-state index in [2.05, 4.69) is 4.98 Å². The number of nitrogens with two attached hydrogens (primary N) is 1. The van der Waals surface area contributed by atoms with Gasteiger partial charge < -0.3 is 5.73 Å². The minimum Gasteiger partial charge on any atom is -0.369 e. The second-order valence-corrected chi connectivity index (χ2v) is 6.47. The number of thioether (sulfide) groups is 1. The monoisotopic (exact) mass is 343 g/mol. The van der Waals surface area contributed by atoms with Crippen molar-refractivity contribution in [1.82, 2.24) is 9.55 Å². The summed E-state index contributed by atoms with van der Waals surface area (Å²) in [4.78, 5) is 28.7. The van der Waals surface area contributed by atoms with E-state index in [1.54, 1.807) is 37.3 Å². The van der Waals surface area contributed by atoms with Gasteiger partial charge in [0.25, 0.3) is 5.56 Å². The van der Waals surface area contributed by atoms with E-state index in [4.69, 9.17) is 5.73 Å². The summed E-state index contributed by atoms with van der Waals surface area (Å²) in [6.45, 7) is 1.61. The molecule has 2 aromatic carbocycles. The van der Waals surface area contributed by atoms with Crippen molar-refractivity contribution in [3.63, 3.8) is 0 Å². The van der Waals surface area contributed by atoms with Gasteiger partial charge in [0.15, 0.2) is 5.16 Å². The van der Waals surface area contributed by atoms with Crippen LogP contribution in [0.1, 0.15) is 6.92 Å². The smallest absolute Gasteiger partial charge is 0.266 e. The molecule has 3 rings (SSSR count). The second kappa shape index (κ2) is 6.45. The molecule has 0 aliphatic heterocycles.